The SMILES string of the molecule is CC(C)CC1CCN(C(=O)C2CCCN2)C1.Cl. The third-order valence-corrected chi connectivity index (χ3v) is 3.76. The summed E-state index contributed by atoms with van der Waals surface area (Å²) in [7, 11) is 0. The van der Waals surface area contributed by atoms with Gasteiger partial charge in [0.05, 0.1) is 6.04 Å². The van der Waals surface area contributed by atoms with E-state index in [0.717, 1.165) is 44.3 Å². The van der Waals surface area contributed by atoms with Crippen molar-refractivity contribution >= 4 is 18.3 Å². The first-order chi connectivity index (χ1) is 7.66. The summed E-state index contributed by atoms with van der Waals surface area (Å²) in [5.41, 5.74) is 0. The van der Waals surface area contributed by atoms with Crippen molar-refractivity contribution in [3.63, 3.8) is 0 Å². The van der Waals surface area contributed by atoms with Crippen LogP contribution in [0.5, 0.6) is 0 Å². The number of carbonyl (C=O) groups excluding carboxylic acids is 1. The third kappa shape index (κ3) is 3.85. The van der Waals surface area contributed by atoms with Gasteiger partial charge in [0.15, 0.2) is 0 Å². The summed E-state index contributed by atoms with van der Waals surface area (Å²) in [6.07, 6.45) is 4.66. The highest BCUT2D eigenvalue weighted by Gasteiger charge is 2.32. The number of carbonyl (C=O) groups is 1. The first-order valence-electron chi connectivity index (χ1n) is 6.69. The number of hydrogen-bond acceptors (Lipinski definition) is 2. The van der Waals surface area contributed by atoms with E-state index in [1.807, 2.05) is 0 Å². The Hall–Kier alpha value is -0.280. The molecule has 3 nitrogen and oxygen atoms in total. The van der Waals surface area contributed by atoms with Crippen LogP contribution in [-0.4, -0.2) is 36.5 Å². The molecule has 100 valence electrons. The van der Waals surface area contributed by atoms with E-state index in [1.165, 1.54) is 12.8 Å². The molecule has 1 N–H and O–H groups in total. The van der Waals surface area contributed by atoms with Gasteiger partial charge >= 0.3 is 0 Å². The maximum Gasteiger partial charge on any atom is 0.239 e. The third-order valence-electron chi connectivity index (χ3n) is 3.76. The Labute approximate surface area is 111 Å². The van der Waals surface area contributed by atoms with Gasteiger partial charge in [-0.25, -0.2) is 0 Å². The van der Waals surface area contributed by atoms with Gasteiger partial charge < -0.3 is 10.2 Å². The summed E-state index contributed by atoms with van der Waals surface area (Å²) in [6.45, 7) is 7.52. The van der Waals surface area contributed by atoms with Gasteiger partial charge in [-0.05, 0) is 44.1 Å². The van der Waals surface area contributed by atoms with Gasteiger partial charge in [-0.3, -0.25) is 4.79 Å². The highest BCUT2D eigenvalue weighted by atomic mass is 35.5. The first-order valence-corrected chi connectivity index (χ1v) is 6.69. The summed E-state index contributed by atoms with van der Waals surface area (Å²) in [6, 6.07) is 0.123. The molecule has 0 saturated carbocycles. The average molecular weight is 261 g/mol. The summed E-state index contributed by atoms with van der Waals surface area (Å²) < 4.78 is 0. The van der Waals surface area contributed by atoms with Crippen LogP contribution in [0.2, 0.25) is 0 Å². The molecule has 0 aromatic heterocycles. The Balaban J connectivity index is 0.00000144. The lowest BCUT2D eigenvalue weighted by atomic mass is 9.97. The predicted molar refractivity (Wildman–Crippen MR) is 72.4 cm³/mol. The second kappa shape index (κ2) is 6.60. The first kappa shape index (κ1) is 14.8. The lowest BCUT2D eigenvalue weighted by molar-refractivity contribution is -0.132. The largest absolute Gasteiger partial charge is 0.341 e. The van der Waals surface area contributed by atoms with Crippen LogP contribution in [0.25, 0.3) is 0 Å². The molecule has 2 aliphatic rings. The second-order valence-corrected chi connectivity index (χ2v) is 5.72. The smallest absolute Gasteiger partial charge is 0.239 e. The second-order valence-electron chi connectivity index (χ2n) is 5.72. The van der Waals surface area contributed by atoms with Crippen molar-refractivity contribution < 1.29 is 4.79 Å². The van der Waals surface area contributed by atoms with Crippen LogP contribution in [0, 0.1) is 11.8 Å². The van der Waals surface area contributed by atoms with Crippen molar-refractivity contribution in [1.82, 2.24) is 10.2 Å². The van der Waals surface area contributed by atoms with Gasteiger partial charge in [0.2, 0.25) is 5.91 Å². The highest BCUT2D eigenvalue weighted by molar-refractivity contribution is 5.85. The summed E-state index contributed by atoms with van der Waals surface area (Å²) in [5.74, 6) is 1.85. The fourth-order valence-corrected chi connectivity index (χ4v) is 3.01. The highest BCUT2D eigenvalue weighted by Crippen LogP contribution is 2.24. The number of likely N-dealkylation sites (tertiary alicyclic amines) is 1. The Morgan fingerprint density at radius 3 is 2.76 bits per heavy atom. The van der Waals surface area contributed by atoms with E-state index < -0.39 is 0 Å². The minimum Gasteiger partial charge on any atom is -0.341 e. The maximum absolute atomic E-state index is 12.1. The van der Waals surface area contributed by atoms with Crippen LogP contribution in [-0.2, 0) is 4.79 Å². The topological polar surface area (TPSA) is 32.3 Å². The number of amides is 1. The standard InChI is InChI=1S/C13H24N2O.ClH/c1-10(2)8-11-5-7-15(9-11)13(16)12-4-3-6-14-12;/h10-12,14H,3-9H2,1-2H3;1H. The summed E-state index contributed by atoms with van der Waals surface area (Å²) >= 11 is 0. The molecule has 0 aromatic rings. The molecule has 0 radical (unpaired) electrons. The van der Waals surface area contributed by atoms with E-state index in [2.05, 4.69) is 24.1 Å². The Kier molecular flexibility index (Phi) is 5.74. The van der Waals surface area contributed by atoms with E-state index in [-0.39, 0.29) is 18.4 Å². The molecule has 0 aromatic carbocycles. The minimum atomic E-state index is 0. The molecule has 2 unspecified atom stereocenters. The quantitative estimate of drug-likeness (QED) is 0.843. The van der Waals surface area contributed by atoms with Gasteiger partial charge in [0, 0.05) is 13.1 Å². The molecule has 2 heterocycles. The predicted octanol–water partition coefficient (Wildman–Crippen LogP) is 2.05. The lowest BCUT2D eigenvalue weighted by Gasteiger charge is -2.21. The van der Waals surface area contributed by atoms with Crippen molar-refractivity contribution in [3.8, 4) is 0 Å². The van der Waals surface area contributed by atoms with Crippen LogP contribution in [0.3, 0.4) is 0 Å². The molecular formula is C13H25ClN2O. The van der Waals surface area contributed by atoms with Crippen molar-refractivity contribution in [2.24, 2.45) is 11.8 Å². The maximum atomic E-state index is 12.1. The molecule has 2 fully saturated rings. The Morgan fingerprint density at radius 2 is 2.18 bits per heavy atom. The van der Waals surface area contributed by atoms with Crippen LogP contribution in [0.15, 0.2) is 0 Å². The Morgan fingerprint density at radius 1 is 1.41 bits per heavy atom. The number of rotatable bonds is 3. The number of halogens is 1. The Bertz CT molecular complexity index is 252. The zero-order chi connectivity index (χ0) is 11.5. The minimum absolute atomic E-state index is 0. The van der Waals surface area contributed by atoms with E-state index in [1.54, 1.807) is 0 Å². The van der Waals surface area contributed by atoms with Crippen molar-refractivity contribution in [1.29, 1.82) is 0 Å². The van der Waals surface area contributed by atoms with Crippen LogP contribution >= 0.6 is 12.4 Å². The lowest BCUT2D eigenvalue weighted by Crippen LogP contribution is -2.42. The zero-order valence-electron chi connectivity index (χ0n) is 10.9. The van der Waals surface area contributed by atoms with Gasteiger partial charge in [-0.15, -0.1) is 12.4 Å². The van der Waals surface area contributed by atoms with E-state index in [9.17, 15) is 4.79 Å². The van der Waals surface area contributed by atoms with Crippen LogP contribution in [0.4, 0.5) is 0 Å². The fourth-order valence-electron chi connectivity index (χ4n) is 3.01. The molecule has 4 heteroatoms. The van der Waals surface area contributed by atoms with E-state index >= 15 is 0 Å². The van der Waals surface area contributed by atoms with Crippen molar-refractivity contribution in [2.45, 2.75) is 45.6 Å². The normalized spacial score (nSPS) is 28.5. The number of hydrogen-bond donors (Lipinski definition) is 1. The fraction of sp³-hybridized carbons (Fsp3) is 0.923. The summed E-state index contributed by atoms with van der Waals surface area (Å²) in [4.78, 5) is 14.2. The van der Waals surface area contributed by atoms with Gasteiger partial charge in [-0.1, -0.05) is 13.8 Å². The summed E-state index contributed by atoms with van der Waals surface area (Å²) in [5, 5.41) is 3.30. The molecule has 0 aliphatic carbocycles. The molecule has 2 aliphatic heterocycles. The van der Waals surface area contributed by atoms with E-state index in [4.69, 9.17) is 0 Å². The van der Waals surface area contributed by atoms with Gasteiger partial charge in [-0.2, -0.15) is 0 Å². The molecule has 2 saturated heterocycles. The molecule has 1 amide bonds. The molecule has 17 heavy (non-hydrogen) atoms. The van der Waals surface area contributed by atoms with Gasteiger partial charge in [0.1, 0.15) is 0 Å². The molecule has 0 bridgehead atoms. The number of nitrogens with one attached hydrogen (secondary N) is 1. The molecule has 2 atom stereocenters. The van der Waals surface area contributed by atoms with Crippen molar-refractivity contribution in [3.05, 3.63) is 0 Å². The average Bonchev–Trinajstić information content (AvgIpc) is 2.84. The molecule has 2 rings (SSSR count). The monoisotopic (exact) mass is 260 g/mol. The molecular weight excluding hydrogens is 236 g/mol. The van der Waals surface area contributed by atoms with Crippen LogP contribution < -0.4 is 5.32 Å². The number of nitrogens with zero attached hydrogens (tertiary/aromatic N) is 1. The zero-order valence-corrected chi connectivity index (χ0v) is 11.8. The van der Waals surface area contributed by atoms with Crippen molar-refractivity contribution in [2.75, 3.05) is 19.6 Å². The van der Waals surface area contributed by atoms with Gasteiger partial charge in [0.25, 0.3) is 0 Å². The van der Waals surface area contributed by atoms with E-state index in [0.29, 0.717) is 5.91 Å². The van der Waals surface area contributed by atoms with Crippen LogP contribution in [0.1, 0.15) is 39.5 Å². The molecule has 0 spiro atoms.